The molecule has 1 aromatic rings. The standard InChI is InChI=1S/C11H20N4OS/c1-11(2,12)10-13-9(16-14-10)6-15(3)8-4-5-17-7-8/h8H,4-7,12H2,1-3H3. The maximum Gasteiger partial charge on any atom is 0.240 e. The van der Waals surface area contributed by atoms with E-state index in [4.69, 9.17) is 10.3 Å². The van der Waals surface area contributed by atoms with E-state index in [0.29, 0.717) is 24.3 Å². The van der Waals surface area contributed by atoms with Gasteiger partial charge in [0.05, 0.1) is 12.1 Å². The molecule has 5 nitrogen and oxygen atoms in total. The number of hydrogen-bond donors (Lipinski definition) is 1. The van der Waals surface area contributed by atoms with Gasteiger partial charge in [-0.15, -0.1) is 0 Å². The fourth-order valence-corrected chi connectivity index (χ4v) is 3.09. The minimum absolute atomic E-state index is 0.538. The zero-order chi connectivity index (χ0) is 12.5. The monoisotopic (exact) mass is 256 g/mol. The molecule has 0 aromatic carbocycles. The van der Waals surface area contributed by atoms with Crippen LogP contribution in [0, 0.1) is 0 Å². The highest BCUT2D eigenvalue weighted by Gasteiger charge is 2.24. The van der Waals surface area contributed by atoms with Crippen LogP contribution < -0.4 is 5.73 Å². The van der Waals surface area contributed by atoms with Crippen molar-refractivity contribution in [2.75, 3.05) is 18.6 Å². The van der Waals surface area contributed by atoms with Crippen LogP contribution in [0.2, 0.25) is 0 Å². The smallest absolute Gasteiger partial charge is 0.240 e. The molecule has 1 aromatic heterocycles. The second-order valence-electron chi connectivity index (χ2n) is 5.17. The average molecular weight is 256 g/mol. The van der Waals surface area contributed by atoms with E-state index in [9.17, 15) is 0 Å². The highest BCUT2D eigenvalue weighted by atomic mass is 32.2. The van der Waals surface area contributed by atoms with Gasteiger partial charge in [0.1, 0.15) is 0 Å². The van der Waals surface area contributed by atoms with Crippen molar-refractivity contribution in [3.05, 3.63) is 11.7 Å². The van der Waals surface area contributed by atoms with E-state index in [-0.39, 0.29) is 0 Å². The van der Waals surface area contributed by atoms with Gasteiger partial charge < -0.3 is 10.3 Å². The van der Waals surface area contributed by atoms with Crippen molar-refractivity contribution in [3.63, 3.8) is 0 Å². The van der Waals surface area contributed by atoms with Crippen molar-refractivity contribution in [1.82, 2.24) is 15.0 Å². The fraction of sp³-hybridized carbons (Fsp3) is 0.818. The van der Waals surface area contributed by atoms with Crippen LogP contribution in [0.25, 0.3) is 0 Å². The predicted molar refractivity (Wildman–Crippen MR) is 68.7 cm³/mol. The molecule has 1 aliphatic heterocycles. The predicted octanol–water partition coefficient (Wildman–Crippen LogP) is 1.20. The third kappa shape index (κ3) is 3.20. The van der Waals surface area contributed by atoms with E-state index in [0.717, 1.165) is 0 Å². The number of nitrogens with two attached hydrogens (primary N) is 1. The Kier molecular flexibility index (Phi) is 3.75. The average Bonchev–Trinajstić information content (AvgIpc) is 2.85. The Labute approximate surface area is 106 Å². The fourth-order valence-electron chi connectivity index (χ4n) is 1.79. The Bertz CT molecular complexity index is 368. The molecular weight excluding hydrogens is 236 g/mol. The molecule has 0 aliphatic carbocycles. The molecule has 0 saturated carbocycles. The highest BCUT2D eigenvalue weighted by molar-refractivity contribution is 7.99. The Morgan fingerprint density at radius 1 is 1.59 bits per heavy atom. The van der Waals surface area contributed by atoms with Crippen molar-refractivity contribution < 1.29 is 4.52 Å². The highest BCUT2D eigenvalue weighted by Crippen LogP contribution is 2.22. The first-order valence-electron chi connectivity index (χ1n) is 5.87. The van der Waals surface area contributed by atoms with E-state index < -0.39 is 5.54 Å². The Hall–Kier alpha value is -0.590. The van der Waals surface area contributed by atoms with Crippen LogP contribution in [0.1, 0.15) is 32.0 Å². The van der Waals surface area contributed by atoms with E-state index >= 15 is 0 Å². The topological polar surface area (TPSA) is 68.2 Å². The molecule has 6 heteroatoms. The summed E-state index contributed by atoms with van der Waals surface area (Å²) in [7, 11) is 2.11. The van der Waals surface area contributed by atoms with Crippen LogP contribution in [-0.2, 0) is 12.1 Å². The van der Waals surface area contributed by atoms with Gasteiger partial charge in [0.2, 0.25) is 5.89 Å². The lowest BCUT2D eigenvalue weighted by molar-refractivity contribution is 0.218. The third-order valence-electron chi connectivity index (χ3n) is 2.96. The zero-order valence-corrected chi connectivity index (χ0v) is 11.5. The first-order chi connectivity index (χ1) is 7.97. The van der Waals surface area contributed by atoms with Crippen molar-refractivity contribution in [3.8, 4) is 0 Å². The summed E-state index contributed by atoms with van der Waals surface area (Å²) in [6.07, 6.45) is 1.24. The lowest BCUT2D eigenvalue weighted by Gasteiger charge is -2.21. The maximum atomic E-state index is 5.92. The molecule has 2 N–H and O–H groups in total. The second-order valence-corrected chi connectivity index (χ2v) is 6.32. The molecule has 1 atom stereocenters. The number of thioether (sulfide) groups is 1. The molecule has 1 unspecified atom stereocenters. The van der Waals surface area contributed by atoms with Crippen LogP contribution in [0.15, 0.2) is 4.52 Å². The summed E-state index contributed by atoms with van der Waals surface area (Å²) in [5.41, 5.74) is 5.38. The van der Waals surface area contributed by atoms with Gasteiger partial charge >= 0.3 is 0 Å². The normalized spacial score (nSPS) is 21.4. The number of rotatable bonds is 4. The van der Waals surface area contributed by atoms with Gasteiger partial charge in [-0.25, -0.2) is 0 Å². The quantitative estimate of drug-likeness (QED) is 0.873. The van der Waals surface area contributed by atoms with E-state index in [1.165, 1.54) is 17.9 Å². The van der Waals surface area contributed by atoms with Gasteiger partial charge in [0.15, 0.2) is 5.82 Å². The van der Waals surface area contributed by atoms with Crippen molar-refractivity contribution in [2.45, 2.75) is 38.4 Å². The van der Waals surface area contributed by atoms with E-state index in [1.807, 2.05) is 25.6 Å². The molecular formula is C11H20N4OS. The van der Waals surface area contributed by atoms with E-state index in [2.05, 4.69) is 22.1 Å². The number of hydrogen-bond acceptors (Lipinski definition) is 6. The van der Waals surface area contributed by atoms with Crippen molar-refractivity contribution in [2.24, 2.45) is 5.73 Å². The first-order valence-corrected chi connectivity index (χ1v) is 7.02. The summed E-state index contributed by atoms with van der Waals surface area (Å²) in [6, 6.07) is 0.626. The zero-order valence-electron chi connectivity index (χ0n) is 10.6. The minimum Gasteiger partial charge on any atom is -0.338 e. The van der Waals surface area contributed by atoms with Gasteiger partial charge in [-0.2, -0.15) is 16.7 Å². The number of aromatic nitrogens is 2. The molecule has 0 amide bonds. The van der Waals surface area contributed by atoms with Crippen LogP contribution in [-0.4, -0.2) is 39.6 Å². The largest absolute Gasteiger partial charge is 0.338 e. The lowest BCUT2D eigenvalue weighted by atomic mass is 10.1. The first kappa shape index (κ1) is 12.9. The summed E-state index contributed by atoms with van der Waals surface area (Å²) in [5, 5.41) is 3.92. The summed E-state index contributed by atoms with van der Waals surface area (Å²) >= 11 is 2.00. The van der Waals surface area contributed by atoms with E-state index in [1.54, 1.807) is 0 Å². The SMILES string of the molecule is CN(Cc1nc(C(C)(C)N)no1)C1CCSC1. The minimum atomic E-state index is -0.538. The van der Waals surface area contributed by atoms with Crippen LogP contribution in [0.3, 0.4) is 0 Å². The third-order valence-corrected chi connectivity index (χ3v) is 4.10. The molecule has 0 spiro atoms. The van der Waals surface area contributed by atoms with Gasteiger partial charge in [-0.1, -0.05) is 5.16 Å². The Balaban J connectivity index is 1.96. The molecule has 2 heterocycles. The summed E-state index contributed by atoms with van der Waals surface area (Å²) in [4.78, 5) is 6.62. The molecule has 0 bridgehead atoms. The van der Waals surface area contributed by atoms with Gasteiger partial charge in [-0.3, -0.25) is 4.90 Å². The number of nitrogens with zero attached hydrogens (tertiary/aromatic N) is 3. The molecule has 1 fully saturated rings. The van der Waals surface area contributed by atoms with Crippen LogP contribution in [0.4, 0.5) is 0 Å². The molecule has 1 saturated heterocycles. The Morgan fingerprint density at radius 3 is 2.88 bits per heavy atom. The molecule has 96 valence electrons. The maximum absolute atomic E-state index is 5.92. The molecule has 1 aliphatic rings. The lowest BCUT2D eigenvalue weighted by Crippen LogP contribution is -2.32. The van der Waals surface area contributed by atoms with Gasteiger partial charge in [-0.05, 0) is 33.1 Å². The van der Waals surface area contributed by atoms with Crippen molar-refractivity contribution in [1.29, 1.82) is 0 Å². The van der Waals surface area contributed by atoms with Crippen LogP contribution in [0.5, 0.6) is 0 Å². The second kappa shape index (κ2) is 4.96. The van der Waals surface area contributed by atoms with Gasteiger partial charge in [0.25, 0.3) is 0 Å². The molecule has 2 rings (SSSR count). The molecule has 0 radical (unpaired) electrons. The molecule has 17 heavy (non-hydrogen) atoms. The summed E-state index contributed by atoms with van der Waals surface area (Å²) in [5.74, 6) is 3.67. The summed E-state index contributed by atoms with van der Waals surface area (Å²) in [6.45, 7) is 4.45. The van der Waals surface area contributed by atoms with Crippen molar-refractivity contribution >= 4 is 11.8 Å². The summed E-state index contributed by atoms with van der Waals surface area (Å²) < 4.78 is 5.23. The van der Waals surface area contributed by atoms with Crippen LogP contribution >= 0.6 is 11.8 Å². The van der Waals surface area contributed by atoms with Gasteiger partial charge in [0, 0.05) is 11.8 Å². The Morgan fingerprint density at radius 2 is 2.35 bits per heavy atom.